The first kappa shape index (κ1) is 32.4. The Morgan fingerprint density at radius 1 is 0.826 bits per heavy atom. The molecule has 0 aromatic heterocycles. The molecule has 1 aliphatic heterocycles. The quantitative estimate of drug-likeness (QED) is 0.0831. The van der Waals surface area contributed by atoms with Crippen LogP contribution in [0.15, 0.2) is 76.5 Å². The largest absolute Gasteiger partial charge is 0.493 e. The summed E-state index contributed by atoms with van der Waals surface area (Å²) in [5, 5.41) is 2.48. The van der Waals surface area contributed by atoms with Gasteiger partial charge in [0.25, 0.3) is 0 Å². The molecule has 6 rings (SSSR count). The lowest BCUT2D eigenvalue weighted by Crippen LogP contribution is -2.20. The molecule has 1 N–H and O–H groups in total. The van der Waals surface area contributed by atoms with Crippen LogP contribution in [-0.4, -0.2) is 31.1 Å². The van der Waals surface area contributed by atoms with E-state index in [4.69, 9.17) is 14.0 Å². The Hall–Kier alpha value is -3.54. The summed E-state index contributed by atoms with van der Waals surface area (Å²) in [5.74, 6) is -6.08. The fraction of sp³-hybridized carbons (Fsp3) is 0.314. The van der Waals surface area contributed by atoms with Crippen molar-refractivity contribution in [2.75, 3.05) is 18.1 Å². The molecule has 5 nitrogen and oxygen atoms in total. The van der Waals surface area contributed by atoms with Crippen LogP contribution in [0.3, 0.4) is 0 Å². The van der Waals surface area contributed by atoms with E-state index in [1.807, 2.05) is 6.08 Å². The van der Waals surface area contributed by atoms with Crippen LogP contribution >= 0.6 is 0 Å². The predicted molar refractivity (Wildman–Crippen MR) is 171 cm³/mol. The fourth-order valence-electron chi connectivity index (χ4n) is 6.28. The SMILES string of the molecule is O=S(=O)(O)c1c(F)c(F)c(Oc2ccc(/C=C\C3CCCC(COc4ccc([S+]5CCCC5)c5ccccc45)C3)cc2)c(F)c1F. The Kier molecular flexibility index (Phi) is 9.63. The van der Waals surface area contributed by atoms with Gasteiger partial charge in [0.1, 0.15) is 23.0 Å². The van der Waals surface area contributed by atoms with E-state index in [2.05, 4.69) is 42.5 Å². The molecule has 1 heterocycles. The molecule has 2 fully saturated rings. The van der Waals surface area contributed by atoms with Crippen LogP contribution in [0.1, 0.15) is 44.1 Å². The maximum absolute atomic E-state index is 14.3. The molecule has 4 aromatic rings. The Labute approximate surface area is 268 Å². The van der Waals surface area contributed by atoms with Gasteiger partial charge in [-0.15, -0.1) is 0 Å². The van der Waals surface area contributed by atoms with Crippen LogP contribution in [0.4, 0.5) is 17.6 Å². The van der Waals surface area contributed by atoms with Gasteiger partial charge in [0.15, 0.2) is 21.4 Å². The topological polar surface area (TPSA) is 72.8 Å². The van der Waals surface area contributed by atoms with Crippen molar-refractivity contribution < 1.29 is 40.0 Å². The van der Waals surface area contributed by atoms with Crippen molar-refractivity contribution in [2.45, 2.75) is 48.3 Å². The first-order valence-corrected chi connectivity index (χ1v) is 18.2. The first-order valence-electron chi connectivity index (χ1n) is 15.2. The molecule has 0 spiro atoms. The van der Waals surface area contributed by atoms with Gasteiger partial charge in [0, 0.05) is 21.7 Å². The Bertz CT molecular complexity index is 1840. The predicted octanol–water partition coefficient (Wildman–Crippen LogP) is 9.10. The highest BCUT2D eigenvalue weighted by Gasteiger charge is 2.33. The summed E-state index contributed by atoms with van der Waals surface area (Å²) in [6, 6.07) is 18.9. The van der Waals surface area contributed by atoms with Gasteiger partial charge in [-0.25, -0.2) is 8.78 Å². The van der Waals surface area contributed by atoms with Crippen molar-refractivity contribution in [3.8, 4) is 17.2 Å². The average Bonchev–Trinajstić information content (AvgIpc) is 3.59. The van der Waals surface area contributed by atoms with Gasteiger partial charge in [-0.3, -0.25) is 4.55 Å². The Morgan fingerprint density at radius 3 is 2.17 bits per heavy atom. The van der Waals surface area contributed by atoms with Crippen LogP contribution in [0.25, 0.3) is 16.8 Å². The minimum absolute atomic E-state index is 0.132. The third-order valence-electron chi connectivity index (χ3n) is 8.59. The summed E-state index contributed by atoms with van der Waals surface area (Å²) in [6.45, 7) is 0.644. The molecule has 2 atom stereocenters. The van der Waals surface area contributed by atoms with E-state index in [9.17, 15) is 26.0 Å². The zero-order valence-corrected chi connectivity index (χ0v) is 26.5. The van der Waals surface area contributed by atoms with Crippen LogP contribution in [0.2, 0.25) is 0 Å². The number of benzene rings is 4. The first-order chi connectivity index (χ1) is 22.1. The van der Waals surface area contributed by atoms with Gasteiger partial charge in [-0.05, 0) is 79.8 Å². The third-order valence-corrected chi connectivity index (χ3v) is 12.0. The van der Waals surface area contributed by atoms with E-state index in [1.54, 1.807) is 12.1 Å². The van der Waals surface area contributed by atoms with E-state index in [-0.39, 0.29) is 5.75 Å². The summed E-state index contributed by atoms with van der Waals surface area (Å²) in [4.78, 5) is -0.659. The summed E-state index contributed by atoms with van der Waals surface area (Å²) in [6.07, 6.45) is 10.9. The second-order valence-electron chi connectivity index (χ2n) is 11.7. The number of hydrogen-bond acceptors (Lipinski definition) is 4. The summed E-state index contributed by atoms with van der Waals surface area (Å²) >= 11 is 0. The second kappa shape index (κ2) is 13.7. The number of ether oxygens (including phenoxy) is 2. The molecule has 2 aliphatic rings. The molecule has 2 unspecified atom stereocenters. The van der Waals surface area contributed by atoms with Crippen LogP contribution in [0.5, 0.6) is 17.2 Å². The molecule has 1 saturated carbocycles. The van der Waals surface area contributed by atoms with Gasteiger partial charge in [-0.1, -0.05) is 48.9 Å². The minimum Gasteiger partial charge on any atom is -0.493 e. The van der Waals surface area contributed by atoms with Crippen LogP contribution < -0.4 is 9.47 Å². The van der Waals surface area contributed by atoms with Crippen LogP contribution in [-0.2, 0) is 21.0 Å². The number of rotatable bonds is 9. The molecule has 46 heavy (non-hydrogen) atoms. The number of allylic oxidation sites excluding steroid dienone is 1. The maximum atomic E-state index is 14.3. The smallest absolute Gasteiger partial charge is 0.300 e. The monoisotopic (exact) mass is 673 g/mol. The van der Waals surface area contributed by atoms with E-state index < -0.39 is 44.0 Å². The highest BCUT2D eigenvalue weighted by molar-refractivity contribution is 7.97. The maximum Gasteiger partial charge on any atom is 0.300 e. The summed E-state index contributed by atoms with van der Waals surface area (Å²) in [5.41, 5.74) is 0.778. The average molecular weight is 674 g/mol. The van der Waals surface area contributed by atoms with Crippen molar-refractivity contribution in [3.05, 3.63) is 95.6 Å². The lowest BCUT2D eigenvalue weighted by molar-refractivity contribution is 0.192. The molecule has 242 valence electrons. The lowest BCUT2D eigenvalue weighted by Gasteiger charge is -2.27. The van der Waals surface area contributed by atoms with Gasteiger partial charge in [-0.2, -0.15) is 17.2 Å². The second-order valence-corrected chi connectivity index (χ2v) is 15.3. The fourth-order valence-corrected chi connectivity index (χ4v) is 9.41. The van der Waals surface area contributed by atoms with E-state index in [1.165, 1.54) is 52.1 Å². The van der Waals surface area contributed by atoms with E-state index >= 15 is 0 Å². The number of fused-ring (bicyclic) bond motifs is 1. The van der Waals surface area contributed by atoms with Gasteiger partial charge in [0.2, 0.25) is 17.4 Å². The normalized spacial score (nSPS) is 19.2. The van der Waals surface area contributed by atoms with Gasteiger partial charge < -0.3 is 9.47 Å². The van der Waals surface area contributed by atoms with Crippen LogP contribution in [0, 0.1) is 35.1 Å². The number of halogens is 4. The standard InChI is InChI=1S/C35H32F4O5S2/c36-30-32(38)35(46(40,41)42)33(39)31(37)34(30)44-25-14-12-22(13-15-25)10-11-23-6-5-7-24(20-23)21-43-28-16-17-29(45-18-3-4-19-45)27-9-2-1-8-26(27)28/h1-2,8-17,23-24H,3-7,18-21H2/p+1/b11-10-. The van der Waals surface area contributed by atoms with Crippen molar-refractivity contribution in [3.63, 3.8) is 0 Å². The molecular weight excluding hydrogens is 641 g/mol. The molecule has 0 amide bonds. The molecular formula is C35H33F4O5S2+. The number of hydrogen-bond donors (Lipinski definition) is 1. The van der Waals surface area contributed by atoms with Crippen molar-refractivity contribution in [1.29, 1.82) is 0 Å². The molecule has 1 saturated heterocycles. The molecule has 11 heteroatoms. The van der Waals surface area contributed by atoms with Gasteiger partial charge >= 0.3 is 10.1 Å². The van der Waals surface area contributed by atoms with Crippen molar-refractivity contribution in [2.24, 2.45) is 11.8 Å². The minimum atomic E-state index is -5.55. The summed E-state index contributed by atoms with van der Waals surface area (Å²) in [7, 11) is -5.23. The van der Waals surface area contributed by atoms with Gasteiger partial charge in [0.05, 0.1) is 6.61 Å². The molecule has 1 aliphatic carbocycles. The Balaban J connectivity index is 1.08. The zero-order valence-electron chi connectivity index (χ0n) is 24.9. The van der Waals surface area contributed by atoms with Crippen molar-refractivity contribution in [1.82, 2.24) is 0 Å². The van der Waals surface area contributed by atoms with E-state index in [0.717, 1.165) is 37.0 Å². The zero-order chi connectivity index (χ0) is 32.4. The lowest BCUT2D eigenvalue weighted by atomic mass is 9.81. The van der Waals surface area contributed by atoms with Crippen molar-refractivity contribution >= 4 is 37.9 Å². The third kappa shape index (κ3) is 6.91. The summed E-state index contributed by atoms with van der Waals surface area (Å²) < 4.78 is 99.6. The Morgan fingerprint density at radius 2 is 1.50 bits per heavy atom. The molecule has 0 radical (unpaired) electrons. The highest BCUT2D eigenvalue weighted by Crippen LogP contribution is 2.38. The molecule has 0 bridgehead atoms. The van der Waals surface area contributed by atoms with E-state index in [0.29, 0.717) is 29.3 Å². The highest BCUT2D eigenvalue weighted by atomic mass is 32.2. The molecule has 4 aromatic carbocycles.